The van der Waals surface area contributed by atoms with Crippen molar-refractivity contribution in [1.29, 1.82) is 0 Å². The van der Waals surface area contributed by atoms with Crippen LogP contribution in [-0.2, 0) is 6.42 Å². The Labute approximate surface area is 156 Å². The molecule has 27 heavy (non-hydrogen) atoms. The van der Waals surface area contributed by atoms with Crippen LogP contribution in [0.4, 0.5) is 4.39 Å². The highest BCUT2D eigenvalue weighted by molar-refractivity contribution is 5.94. The van der Waals surface area contributed by atoms with Crippen LogP contribution in [0.2, 0.25) is 0 Å². The number of hydrogen-bond donors (Lipinski definition) is 1. The van der Waals surface area contributed by atoms with E-state index < -0.39 is 0 Å². The van der Waals surface area contributed by atoms with Gasteiger partial charge in [-0.3, -0.25) is 0 Å². The maximum absolute atomic E-state index is 13.0. The van der Waals surface area contributed by atoms with E-state index in [0.717, 1.165) is 24.2 Å². The fourth-order valence-corrected chi connectivity index (χ4v) is 3.58. The van der Waals surface area contributed by atoms with Gasteiger partial charge in [0, 0.05) is 19.4 Å². The number of nitrogens with zero attached hydrogens (tertiary/aromatic N) is 4. The molecule has 0 amide bonds. The van der Waals surface area contributed by atoms with E-state index in [1.807, 2.05) is 11.9 Å². The number of aliphatic imine (C=N–C) groups is 1. The van der Waals surface area contributed by atoms with Crippen LogP contribution in [0.15, 0.2) is 51.8 Å². The van der Waals surface area contributed by atoms with Gasteiger partial charge in [0.2, 0.25) is 0 Å². The summed E-state index contributed by atoms with van der Waals surface area (Å²) in [4.78, 5) is 10.8. The van der Waals surface area contributed by atoms with E-state index in [2.05, 4.69) is 21.7 Å². The van der Waals surface area contributed by atoms with Crippen LogP contribution in [0.5, 0.6) is 0 Å². The molecule has 1 fully saturated rings. The summed E-state index contributed by atoms with van der Waals surface area (Å²) in [6.45, 7) is 3.97. The number of aromatic nitrogens is 2. The molecule has 1 aliphatic heterocycles. The number of rotatable bonds is 4. The molecule has 0 atom stereocenters. The molecule has 6 nitrogen and oxygen atoms in total. The van der Waals surface area contributed by atoms with E-state index in [9.17, 15) is 9.50 Å². The molecular formula is C20H21FN4O2. The van der Waals surface area contributed by atoms with Crippen LogP contribution in [0.25, 0.3) is 5.70 Å². The third-order valence-electron chi connectivity index (χ3n) is 5.14. The van der Waals surface area contributed by atoms with Crippen molar-refractivity contribution in [2.75, 3.05) is 7.05 Å². The van der Waals surface area contributed by atoms with Crippen LogP contribution in [0, 0.1) is 11.7 Å². The standard InChI is InChI=1S/C20H21FN4O2/c1-12-18(26)17(23-19(25(12)2)14-5-3-4-6-14)20-22-16(24-27-20)11-13-7-9-15(21)10-8-13/h7-10,14,26H,1,3-6,11H2,2H3. The summed E-state index contributed by atoms with van der Waals surface area (Å²) in [7, 11) is 1.86. The molecule has 0 bridgehead atoms. The molecule has 1 N–H and O–H groups in total. The molecule has 2 aromatic rings. The maximum atomic E-state index is 13.0. The van der Waals surface area contributed by atoms with Crippen LogP contribution in [0.3, 0.4) is 0 Å². The molecule has 0 radical (unpaired) electrons. The van der Waals surface area contributed by atoms with Gasteiger partial charge in [0.25, 0.3) is 5.89 Å². The molecule has 0 spiro atoms. The van der Waals surface area contributed by atoms with E-state index in [1.54, 1.807) is 12.1 Å². The number of halogens is 1. The SMILES string of the molecule is C=C1C(O)=C(c2nc(Cc3ccc(F)cc3)no2)N=C(C2CCCC2)N1C. The van der Waals surface area contributed by atoms with Crippen molar-refractivity contribution >= 4 is 11.5 Å². The van der Waals surface area contributed by atoms with Crippen molar-refractivity contribution < 1.29 is 14.0 Å². The van der Waals surface area contributed by atoms with Crippen molar-refractivity contribution in [2.24, 2.45) is 10.9 Å². The molecule has 4 rings (SSSR count). The lowest BCUT2D eigenvalue weighted by Gasteiger charge is -2.30. The van der Waals surface area contributed by atoms with E-state index in [4.69, 9.17) is 4.52 Å². The average Bonchev–Trinajstić information content (AvgIpc) is 3.34. The highest BCUT2D eigenvalue weighted by atomic mass is 19.1. The van der Waals surface area contributed by atoms with Gasteiger partial charge in [-0.25, -0.2) is 9.38 Å². The third-order valence-corrected chi connectivity index (χ3v) is 5.14. The summed E-state index contributed by atoms with van der Waals surface area (Å²) < 4.78 is 18.4. The Balaban J connectivity index is 1.62. The number of aliphatic hydroxyl groups excluding tert-OH is 1. The van der Waals surface area contributed by atoms with Crippen LogP contribution >= 0.6 is 0 Å². The van der Waals surface area contributed by atoms with E-state index in [1.165, 1.54) is 25.0 Å². The Morgan fingerprint density at radius 3 is 2.67 bits per heavy atom. The van der Waals surface area contributed by atoms with E-state index in [-0.39, 0.29) is 23.2 Å². The second-order valence-corrected chi connectivity index (χ2v) is 6.97. The third kappa shape index (κ3) is 3.37. The van der Waals surface area contributed by atoms with Gasteiger partial charge in [-0.1, -0.05) is 36.7 Å². The number of amidine groups is 1. The van der Waals surface area contributed by atoms with Gasteiger partial charge < -0.3 is 14.5 Å². The predicted molar refractivity (Wildman–Crippen MR) is 99.3 cm³/mol. The molecular weight excluding hydrogens is 347 g/mol. The van der Waals surface area contributed by atoms with Crippen molar-refractivity contribution in [1.82, 2.24) is 15.0 Å². The average molecular weight is 368 g/mol. The van der Waals surface area contributed by atoms with Gasteiger partial charge in [-0.05, 0) is 30.5 Å². The lowest BCUT2D eigenvalue weighted by molar-refractivity contribution is 0.372. The summed E-state index contributed by atoms with van der Waals surface area (Å²) in [6.07, 6.45) is 4.90. The molecule has 1 aromatic carbocycles. The van der Waals surface area contributed by atoms with E-state index in [0.29, 0.717) is 23.9 Å². The summed E-state index contributed by atoms with van der Waals surface area (Å²) in [5.41, 5.74) is 1.60. The Hall–Kier alpha value is -2.96. The molecule has 2 heterocycles. The summed E-state index contributed by atoms with van der Waals surface area (Å²) >= 11 is 0. The highest BCUT2D eigenvalue weighted by Gasteiger charge is 2.32. The lowest BCUT2D eigenvalue weighted by Crippen LogP contribution is -2.34. The monoisotopic (exact) mass is 368 g/mol. The Morgan fingerprint density at radius 1 is 1.26 bits per heavy atom. The topological polar surface area (TPSA) is 74.8 Å². The predicted octanol–water partition coefficient (Wildman–Crippen LogP) is 4.07. The Bertz CT molecular complexity index is 924. The zero-order chi connectivity index (χ0) is 19.0. The minimum Gasteiger partial charge on any atom is -0.504 e. The second-order valence-electron chi connectivity index (χ2n) is 6.97. The molecule has 1 aromatic heterocycles. The minimum atomic E-state index is -0.291. The van der Waals surface area contributed by atoms with Crippen LogP contribution in [-0.4, -0.2) is 33.0 Å². The van der Waals surface area contributed by atoms with E-state index >= 15 is 0 Å². The van der Waals surface area contributed by atoms with Crippen molar-refractivity contribution in [3.63, 3.8) is 0 Å². The van der Waals surface area contributed by atoms with Gasteiger partial charge >= 0.3 is 0 Å². The number of hydrogen-bond acceptors (Lipinski definition) is 6. The zero-order valence-corrected chi connectivity index (χ0v) is 15.2. The van der Waals surface area contributed by atoms with Crippen molar-refractivity contribution in [3.8, 4) is 0 Å². The Kier molecular flexibility index (Phi) is 4.51. The lowest BCUT2D eigenvalue weighted by atomic mass is 10.0. The molecule has 140 valence electrons. The molecule has 1 saturated carbocycles. The molecule has 0 unspecified atom stereocenters. The smallest absolute Gasteiger partial charge is 0.280 e. The first-order valence-corrected chi connectivity index (χ1v) is 9.05. The number of benzene rings is 1. The first-order valence-electron chi connectivity index (χ1n) is 9.05. The number of likely N-dealkylation sites (N-methyl/N-ethyl adjacent to an activating group) is 1. The summed E-state index contributed by atoms with van der Waals surface area (Å²) in [5, 5.41) is 14.5. The maximum Gasteiger partial charge on any atom is 0.280 e. The van der Waals surface area contributed by atoms with Gasteiger partial charge in [-0.2, -0.15) is 4.98 Å². The molecule has 2 aliphatic rings. The van der Waals surface area contributed by atoms with Gasteiger partial charge in [0.1, 0.15) is 11.7 Å². The van der Waals surface area contributed by atoms with Crippen LogP contribution < -0.4 is 0 Å². The molecule has 7 heteroatoms. The molecule has 1 aliphatic carbocycles. The van der Waals surface area contributed by atoms with Crippen molar-refractivity contribution in [2.45, 2.75) is 32.1 Å². The van der Waals surface area contributed by atoms with Gasteiger partial charge in [-0.15, -0.1) is 0 Å². The minimum absolute atomic E-state index is 0.0590. The fraction of sp³-hybridized carbons (Fsp3) is 0.350. The fourth-order valence-electron chi connectivity index (χ4n) is 3.58. The summed E-state index contributed by atoms with van der Waals surface area (Å²) in [5.74, 6) is 1.48. The number of aliphatic hydroxyl groups is 1. The second kappa shape index (κ2) is 6.98. The highest BCUT2D eigenvalue weighted by Crippen LogP contribution is 2.35. The summed E-state index contributed by atoms with van der Waals surface area (Å²) in [6, 6.07) is 6.14. The van der Waals surface area contributed by atoms with Crippen LogP contribution in [0.1, 0.15) is 43.0 Å². The van der Waals surface area contributed by atoms with Crippen molar-refractivity contribution in [3.05, 3.63) is 65.4 Å². The quantitative estimate of drug-likeness (QED) is 0.880. The first kappa shape index (κ1) is 17.5. The van der Waals surface area contributed by atoms with Gasteiger partial charge in [0.15, 0.2) is 17.3 Å². The van der Waals surface area contributed by atoms with Gasteiger partial charge in [0.05, 0.1) is 5.70 Å². The first-order chi connectivity index (χ1) is 13.0. The molecule has 0 saturated heterocycles. The normalized spacial score (nSPS) is 18.4. The zero-order valence-electron chi connectivity index (χ0n) is 15.2. The Morgan fingerprint density at radius 2 is 1.96 bits per heavy atom. The largest absolute Gasteiger partial charge is 0.504 e.